The van der Waals surface area contributed by atoms with E-state index in [0.29, 0.717) is 17.7 Å². The van der Waals surface area contributed by atoms with Crippen molar-refractivity contribution in [2.45, 2.75) is 38.6 Å². The monoisotopic (exact) mass is 320 g/mol. The minimum atomic E-state index is 0.399. The van der Waals surface area contributed by atoms with Gasteiger partial charge in [0.15, 0.2) is 0 Å². The van der Waals surface area contributed by atoms with E-state index in [-0.39, 0.29) is 0 Å². The van der Waals surface area contributed by atoms with Crippen LogP contribution in [0.2, 0.25) is 0 Å². The number of nitriles is 1. The summed E-state index contributed by atoms with van der Waals surface area (Å²) in [6.07, 6.45) is 2.28. The van der Waals surface area contributed by atoms with Gasteiger partial charge in [-0.25, -0.2) is 4.98 Å². The highest BCUT2D eigenvalue weighted by Crippen LogP contribution is 2.22. The molecule has 1 aromatic carbocycles. The molecule has 4 heteroatoms. The Kier molecular flexibility index (Phi) is 5.00. The summed E-state index contributed by atoms with van der Waals surface area (Å²) in [6, 6.07) is 16.9. The third kappa shape index (κ3) is 3.86. The molecule has 0 radical (unpaired) electrons. The third-order valence-corrected chi connectivity index (χ3v) is 4.54. The minimum absolute atomic E-state index is 0.399. The Labute approximate surface area is 144 Å². The highest BCUT2D eigenvalue weighted by Gasteiger charge is 2.21. The van der Waals surface area contributed by atoms with Crippen LogP contribution in [-0.4, -0.2) is 24.1 Å². The molecule has 1 saturated heterocycles. The topological polar surface area (TPSA) is 52.0 Å². The Hall–Kier alpha value is -2.54. The van der Waals surface area contributed by atoms with Gasteiger partial charge in [-0.2, -0.15) is 5.26 Å². The third-order valence-electron chi connectivity index (χ3n) is 4.54. The number of aromatic nitrogens is 1. The van der Waals surface area contributed by atoms with Crippen LogP contribution in [0.5, 0.6) is 0 Å². The lowest BCUT2D eigenvalue weighted by Crippen LogP contribution is -2.42. The van der Waals surface area contributed by atoms with Crippen LogP contribution in [0.4, 0.5) is 11.5 Å². The molecule has 0 aliphatic carbocycles. The molecule has 124 valence electrons. The first kappa shape index (κ1) is 16.3. The molecule has 0 bridgehead atoms. The van der Waals surface area contributed by atoms with Crippen molar-refractivity contribution in [3.8, 4) is 6.07 Å². The summed E-state index contributed by atoms with van der Waals surface area (Å²) in [5.74, 6) is 1.46. The Morgan fingerprint density at radius 1 is 1.21 bits per heavy atom. The lowest BCUT2D eigenvalue weighted by atomic mass is 10.0. The largest absolute Gasteiger partial charge is 0.381 e. The van der Waals surface area contributed by atoms with Gasteiger partial charge < -0.3 is 10.2 Å². The van der Waals surface area contributed by atoms with E-state index in [1.165, 1.54) is 11.3 Å². The Morgan fingerprint density at radius 3 is 2.71 bits per heavy atom. The van der Waals surface area contributed by atoms with Crippen LogP contribution in [0.15, 0.2) is 42.5 Å². The van der Waals surface area contributed by atoms with Crippen molar-refractivity contribution in [2.24, 2.45) is 0 Å². The van der Waals surface area contributed by atoms with Gasteiger partial charge >= 0.3 is 0 Å². The molecule has 2 heterocycles. The molecule has 1 aromatic heterocycles. The summed E-state index contributed by atoms with van der Waals surface area (Å²) in [7, 11) is 0. The highest BCUT2D eigenvalue weighted by molar-refractivity contribution is 5.48. The second-order valence-electron chi connectivity index (χ2n) is 6.70. The number of hydrogen-bond donors (Lipinski definition) is 1. The maximum atomic E-state index is 9.03. The molecule has 1 fully saturated rings. The van der Waals surface area contributed by atoms with Gasteiger partial charge in [0.1, 0.15) is 17.6 Å². The SMILES string of the molecule is CC(C)c1ccc(N[C@@H]2CCCN(c3cccc(C#N)n3)C2)cc1. The van der Waals surface area contributed by atoms with E-state index >= 15 is 0 Å². The van der Waals surface area contributed by atoms with Crippen molar-refractivity contribution in [1.82, 2.24) is 4.98 Å². The van der Waals surface area contributed by atoms with E-state index in [1.807, 2.05) is 12.1 Å². The maximum absolute atomic E-state index is 9.03. The molecular weight excluding hydrogens is 296 g/mol. The van der Waals surface area contributed by atoms with E-state index in [0.717, 1.165) is 31.7 Å². The molecule has 2 aromatic rings. The first-order valence-corrected chi connectivity index (χ1v) is 8.64. The number of rotatable bonds is 4. The number of pyridine rings is 1. The molecule has 4 nitrogen and oxygen atoms in total. The number of nitrogens with one attached hydrogen (secondary N) is 1. The van der Waals surface area contributed by atoms with Crippen LogP contribution in [-0.2, 0) is 0 Å². The number of benzene rings is 1. The fraction of sp³-hybridized carbons (Fsp3) is 0.400. The summed E-state index contributed by atoms with van der Waals surface area (Å²) < 4.78 is 0. The normalized spacial score (nSPS) is 17.6. The van der Waals surface area contributed by atoms with E-state index < -0.39 is 0 Å². The predicted octanol–water partition coefficient (Wildman–Crippen LogP) is 4.16. The van der Waals surface area contributed by atoms with Gasteiger partial charge in [-0.05, 0) is 48.6 Å². The number of nitrogens with zero attached hydrogens (tertiary/aromatic N) is 3. The van der Waals surface area contributed by atoms with Crippen LogP contribution >= 0.6 is 0 Å². The summed E-state index contributed by atoms with van der Waals surface area (Å²) in [5.41, 5.74) is 3.01. The summed E-state index contributed by atoms with van der Waals surface area (Å²) >= 11 is 0. The average Bonchev–Trinajstić information content (AvgIpc) is 2.62. The number of hydrogen-bond acceptors (Lipinski definition) is 4. The van der Waals surface area contributed by atoms with E-state index in [4.69, 9.17) is 5.26 Å². The lowest BCUT2D eigenvalue weighted by molar-refractivity contribution is 0.526. The Bertz CT molecular complexity index is 715. The van der Waals surface area contributed by atoms with E-state index in [9.17, 15) is 0 Å². The van der Waals surface area contributed by atoms with E-state index in [1.54, 1.807) is 6.07 Å². The summed E-state index contributed by atoms with van der Waals surface area (Å²) in [5, 5.41) is 12.7. The average molecular weight is 320 g/mol. The smallest absolute Gasteiger partial charge is 0.142 e. The first-order chi connectivity index (χ1) is 11.7. The fourth-order valence-electron chi connectivity index (χ4n) is 3.16. The van der Waals surface area contributed by atoms with Gasteiger partial charge in [0.25, 0.3) is 0 Å². The zero-order chi connectivity index (χ0) is 16.9. The molecule has 1 aliphatic rings. The zero-order valence-corrected chi connectivity index (χ0v) is 14.4. The second-order valence-corrected chi connectivity index (χ2v) is 6.70. The van der Waals surface area contributed by atoms with Crippen LogP contribution in [0, 0.1) is 11.3 Å². The van der Waals surface area contributed by atoms with Gasteiger partial charge in [-0.15, -0.1) is 0 Å². The van der Waals surface area contributed by atoms with Crippen molar-refractivity contribution in [2.75, 3.05) is 23.3 Å². The number of anilines is 2. The molecule has 1 atom stereocenters. The molecule has 1 N–H and O–H groups in total. The summed E-state index contributed by atoms with van der Waals surface area (Å²) in [6.45, 7) is 6.33. The van der Waals surface area contributed by atoms with Gasteiger partial charge in [0.2, 0.25) is 0 Å². The molecule has 3 rings (SSSR count). The first-order valence-electron chi connectivity index (χ1n) is 8.64. The summed E-state index contributed by atoms with van der Waals surface area (Å²) in [4.78, 5) is 6.69. The maximum Gasteiger partial charge on any atom is 0.142 e. The standard InChI is InChI=1S/C20H24N4/c1-15(2)16-8-10-17(11-9-16)22-19-6-4-12-24(14-19)20-7-3-5-18(13-21)23-20/h3,5,7-11,15,19,22H,4,6,12,14H2,1-2H3/t19-/m1/s1. The quantitative estimate of drug-likeness (QED) is 0.919. The van der Waals surface area contributed by atoms with Crippen molar-refractivity contribution < 1.29 is 0 Å². The number of piperidine rings is 1. The van der Waals surface area contributed by atoms with E-state index in [2.05, 4.69) is 59.4 Å². The molecular formula is C20H24N4. The Balaban J connectivity index is 1.66. The zero-order valence-electron chi connectivity index (χ0n) is 14.4. The molecule has 0 spiro atoms. The van der Waals surface area contributed by atoms with Crippen LogP contribution in [0.1, 0.15) is 43.9 Å². The lowest BCUT2D eigenvalue weighted by Gasteiger charge is -2.34. The van der Waals surface area contributed by atoms with Crippen LogP contribution < -0.4 is 10.2 Å². The molecule has 1 aliphatic heterocycles. The fourth-order valence-corrected chi connectivity index (χ4v) is 3.16. The minimum Gasteiger partial charge on any atom is -0.381 e. The van der Waals surface area contributed by atoms with Crippen molar-refractivity contribution in [1.29, 1.82) is 5.26 Å². The molecule has 24 heavy (non-hydrogen) atoms. The van der Waals surface area contributed by atoms with Gasteiger partial charge in [-0.3, -0.25) is 0 Å². The van der Waals surface area contributed by atoms with Crippen LogP contribution in [0.3, 0.4) is 0 Å². The highest BCUT2D eigenvalue weighted by atomic mass is 15.2. The van der Waals surface area contributed by atoms with Crippen molar-refractivity contribution in [3.05, 3.63) is 53.7 Å². The van der Waals surface area contributed by atoms with Crippen molar-refractivity contribution >= 4 is 11.5 Å². The van der Waals surface area contributed by atoms with Gasteiger partial charge in [-0.1, -0.05) is 32.0 Å². The molecule has 0 saturated carbocycles. The Morgan fingerprint density at radius 2 is 2.00 bits per heavy atom. The van der Waals surface area contributed by atoms with Gasteiger partial charge in [0, 0.05) is 24.8 Å². The molecule has 0 amide bonds. The molecule has 0 unspecified atom stereocenters. The second kappa shape index (κ2) is 7.35. The van der Waals surface area contributed by atoms with Gasteiger partial charge in [0.05, 0.1) is 0 Å². The predicted molar refractivity (Wildman–Crippen MR) is 98.3 cm³/mol. The van der Waals surface area contributed by atoms with Crippen molar-refractivity contribution in [3.63, 3.8) is 0 Å². The van der Waals surface area contributed by atoms with Crippen LogP contribution in [0.25, 0.3) is 0 Å².